The van der Waals surface area contributed by atoms with Crippen LogP contribution in [0.15, 0.2) is 60.0 Å². The summed E-state index contributed by atoms with van der Waals surface area (Å²) in [5.74, 6) is 2.68. The van der Waals surface area contributed by atoms with Gasteiger partial charge in [0.15, 0.2) is 5.78 Å². The molecule has 10 nitrogen and oxygen atoms in total. The van der Waals surface area contributed by atoms with Gasteiger partial charge in [-0.05, 0) is 62.2 Å². The average molecular weight is 591 g/mol. The minimum atomic E-state index is -3.05. The van der Waals surface area contributed by atoms with Gasteiger partial charge in [-0.15, -0.1) is 5.10 Å². The van der Waals surface area contributed by atoms with Crippen LogP contribution < -0.4 is 0 Å². The third-order valence-electron chi connectivity index (χ3n) is 8.46. The molecule has 0 bridgehead atoms. The van der Waals surface area contributed by atoms with Crippen LogP contribution >= 0.6 is 0 Å². The van der Waals surface area contributed by atoms with E-state index in [0.29, 0.717) is 30.6 Å². The highest BCUT2D eigenvalue weighted by Crippen LogP contribution is 2.52. The number of aromatic nitrogens is 7. The Balaban J connectivity index is 1.32. The Morgan fingerprint density at radius 2 is 1.93 bits per heavy atom. The van der Waals surface area contributed by atoms with Crippen molar-refractivity contribution in [3.05, 3.63) is 83.7 Å². The molecule has 3 aliphatic rings. The number of carbonyl (C=O) groups excluding carboxylic acids is 1. The highest BCUT2D eigenvalue weighted by molar-refractivity contribution is 7.98. The molecular weight excluding hydrogens is 562 g/mol. The quantitative estimate of drug-likeness (QED) is 0.184. The van der Waals surface area contributed by atoms with Gasteiger partial charge in [0.25, 0.3) is 0 Å². The van der Waals surface area contributed by atoms with Crippen LogP contribution in [0.4, 0.5) is 8.78 Å². The maximum Gasteiger partial charge on any atom is 0.244 e. The first-order chi connectivity index (χ1) is 20.2. The van der Waals surface area contributed by atoms with Crippen molar-refractivity contribution in [1.29, 1.82) is 0 Å². The number of carbonyl (C=O) groups is 1. The largest absolute Gasteiger partial charge is 0.298 e. The highest BCUT2D eigenvalue weighted by atomic mass is 32.2. The first kappa shape index (κ1) is 26.8. The predicted octanol–water partition coefficient (Wildman–Crippen LogP) is 3.59. The van der Waals surface area contributed by atoms with Crippen LogP contribution in [-0.2, 0) is 23.2 Å². The number of fused-ring (bicyclic) bond motifs is 2. The Morgan fingerprint density at radius 3 is 2.62 bits per heavy atom. The van der Waals surface area contributed by atoms with Crippen LogP contribution in [0.1, 0.15) is 54.0 Å². The maximum atomic E-state index is 14.4. The van der Waals surface area contributed by atoms with Crippen molar-refractivity contribution in [1.82, 2.24) is 38.6 Å². The lowest BCUT2D eigenvalue weighted by Gasteiger charge is -2.47. The molecule has 0 amide bonds. The number of pyridine rings is 2. The molecule has 42 heavy (non-hydrogen) atoms. The molecule has 1 unspecified atom stereocenters. The van der Waals surface area contributed by atoms with E-state index in [0.717, 1.165) is 30.2 Å². The van der Waals surface area contributed by atoms with Crippen LogP contribution in [0.3, 0.4) is 0 Å². The molecule has 0 aromatic carbocycles. The van der Waals surface area contributed by atoms with E-state index in [1.165, 1.54) is 35.5 Å². The SMILES string of the molecule is C=S(=O)(c1ncn(C)n1)N(C1CC1)[C@H]1CCC2=Cc3c(ncn3-c3ccc(F)nc3)C[C@]2(C(=O)c2cc(F)ccn2)C1. The molecule has 13 heteroatoms. The first-order valence-corrected chi connectivity index (χ1v) is 15.4. The molecular formula is C29H28F2N8O2S. The number of ketones is 1. The minimum absolute atomic E-state index is 0.0342. The van der Waals surface area contributed by atoms with Crippen LogP contribution in [0.25, 0.3) is 11.8 Å². The Hall–Kier alpha value is -4.10. The summed E-state index contributed by atoms with van der Waals surface area (Å²) in [6, 6.07) is 5.04. The number of rotatable bonds is 7. The van der Waals surface area contributed by atoms with Crippen LogP contribution in [0.5, 0.6) is 0 Å². The molecule has 216 valence electrons. The highest BCUT2D eigenvalue weighted by Gasteiger charge is 2.53. The lowest BCUT2D eigenvalue weighted by Crippen LogP contribution is -2.51. The van der Waals surface area contributed by atoms with Gasteiger partial charge in [0, 0.05) is 37.8 Å². The Labute approximate surface area is 241 Å². The number of Topliss-reactive ketones (excluding diaryl/α,β-unsaturated/α-hetero) is 1. The van der Waals surface area contributed by atoms with E-state index in [1.54, 1.807) is 19.4 Å². The average Bonchev–Trinajstić information content (AvgIpc) is 3.55. The zero-order valence-corrected chi connectivity index (χ0v) is 23.7. The molecule has 7 rings (SSSR count). The molecule has 4 heterocycles. The van der Waals surface area contributed by atoms with E-state index < -0.39 is 26.9 Å². The summed E-state index contributed by atoms with van der Waals surface area (Å²) in [5, 5.41) is 4.49. The fraction of sp³-hybridized carbons (Fsp3) is 0.345. The molecule has 0 aliphatic heterocycles. The molecule has 4 aromatic rings. The van der Waals surface area contributed by atoms with Gasteiger partial charge in [-0.1, -0.05) is 5.57 Å². The molecule has 0 saturated heterocycles. The molecule has 2 saturated carbocycles. The number of hydrogen-bond donors (Lipinski definition) is 0. The number of hydrogen-bond acceptors (Lipinski definition) is 7. The smallest absolute Gasteiger partial charge is 0.244 e. The van der Waals surface area contributed by atoms with Crippen molar-refractivity contribution in [3.8, 4) is 5.69 Å². The van der Waals surface area contributed by atoms with Gasteiger partial charge in [0.05, 0.1) is 38.4 Å². The standard InChI is InChI=1S/C29H28F2N8O2S/c1-37-16-35-28(36-37)42(2,41)39(20-5-6-20)21-4-3-18-11-25-24(34-17-38(25)22-7-8-26(31)33-15-22)14-29(18,13-21)27(40)23-12-19(30)9-10-32-23/h7-12,15-17,20-21H,2-6,13-14H2,1H3/t21-,29+,42?/m0/s1. The second-order valence-corrected chi connectivity index (χ2v) is 13.3. The normalized spacial score (nSPS) is 23.1. The number of imidazole rings is 1. The second-order valence-electron chi connectivity index (χ2n) is 11.2. The summed E-state index contributed by atoms with van der Waals surface area (Å²) >= 11 is 0. The molecule has 3 atom stereocenters. The van der Waals surface area contributed by atoms with Crippen molar-refractivity contribution in [2.75, 3.05) is 0 Å². The summed E-state index contributed by atoms with van der Waals surface area (Å²) in [6.45, 7) is 0. The van der Waals surface area contributed by atoms with Gasteiger partial charge in [-0.2, -0.15) is 4.39 Å². The van der Waals surface area contributed by atoms with E-state index in [9.17, 15) is 17.8 Å². The second kappa shape index (κ2) is 9.73. The third kappa shape index (κ3) is 4.38. The molecule has 3 aliphatic carbocycles. The molecule has 4 aromatic heterocycles. The van der Waals surface area contributed by atoms with E-state index in [4.69, 9.17) is 0 Å². The summed E-state index contributed by atoms with van der Waals surface area (Å²) in [4.78, 5) is 31.4. The van der Waals surface area contributed by atoms with Gasteiger partial charge in [-0.25, -0.2) is 27.9 Å². The van der Waals surface area contributed by atoms with E-state index >= 15 is 0 Å². The topological polar surface area (TPSA) is 112 Å². The zero-order chi connectivity index (χ0) is 29.2. The zero-order valence-electron chi connectivity index (χ0n) is 22.9. The Bertz CT molecular complexity index is 1840. The van der Waals surface area contributed by atoms with E-state index in [2.05, 4.69) is 30.9 Å². The monoisotopic (exact) mass is 590 g/mol. The Morgan fingerprint density at radius 1 is 1.10 bits per heavy atom. The summed E-state index contributed by atoms with van der Waals surface area (Å²) in [7, 11) is -1.33. The predicted molar refractivity (Wildman–Crippen MR) is 151 cm³/mol. The van der Waals surface area contributed by atoms with Crippen molar-refractivity contribution >= 4 is 27.4 Å². The van der Waals surface area contributed by atoms with Crippen molar-refractivity contribution in [3.63, 3.8) is 0 Å². The molecule has 0 radical (unpaired) electrons. The number of halogens is 2. The molecule has 0 spiro atoms. The van der Waals surface area contributed by atoms with E-state index in [1.807, 2.05) is 14.9 Å². The first-order valence-electron chi connectivity index (χ1n) is 13.7. The van der Waals surface area contributed by atoms with E-state index in [-0.39, 0.29) is 35.1 Å². The van der Waals surface area contributed by atoms with Gasteiger partial charge < -0.3 is 0 Å². The van der Waals surface area contributed by atoms with Crippen LogP contribution in [0, 0.1) is 17.2 Å². The summed E-state index contributed by atoms with van der Waals surface area (Å²) in [5.41, 5.74) is 1.92. The number of allylic oxidation sites excluding steroid dienone is 1. The fourth-order valence-electron chi connectivity index (χ4n) is 6.42. The summed E-state index contributed by atoms with van der Waals surface area (Å²) < 4.78 is 47.4. The van der Waals surface area contributed by atoms with Gasteiger partial charge in [0.2, 0.25) is 11.1 Å². The maximum absolute atomic E-state index is 14.4. The Kier molecular flexibility index (Phi) is 6.21. The molecule has 0 N–H and O–H groups in total. The third-order valence-corrected chi connectivity index (χ3v) is 10.5. The van der Waals surface area contributed by atoms with Gasteiger partial charge >= 0.3 is 0 Å². The van der Waals surface area contributed by atoms with Crippen molar-refractivity contribution < 1.29 is 17.8 Å². The van der Waals surface area contributed by atoms with Crippen LogP contribution in [-0.4, -0.2) is 66.5 Å². The number of aryl methyl sites for hydroxylation is 1. The van der Waals surface area contributed by atoms with Gasteiger partial charge in [-0.3, -0.25) is 19.0 Å². The fourth-order valence-corrected chi connectivity index (χ4v) is 8.43. The van der Waals surface area contributed by atoms with Crippen molar-refractivity contribution in [2.24, 2.45) is 12.5 Å². The molecule has 2 fully saturated rings. The summed E-state index contributed by atoms with van der Waals surface area (Å²) in [6.07, 6.45) is 11.3. The lowest BCUT2D eigenvalue weighted by molar-refractivity contribution is 0.0734. The van der Waals surface area contributed by atoms with Crippen LogP contribution in [0.2, 0.25) is 0 Å². The van der Waals surface area contributed by atoms with Crippen molar-refractivity contribution in [2.45, 2.75) is 55.8 Å². The number of nitrogens with zero attached hydrogens (tertiary/aromatic N) is 8. The van der Waals surface area contributed by atoms with Gasteiger partial charge in [0.1, 0.15) is 24.2 Å². The lowest BCUT2D eigenvalue weighted by atomic mass is 9.61. The minimum Gasteiger partial charge on any atom is -0.298 e.